The van der Waals surface area contributed by atoms with Gasteiger partial charge < -0.3 is 15.0 Å². The molecule has 108 valence electrons. The van der Waals surface area contributed by atoms with Crippen molar-refractivity contribution in [1.29, 1.82) is 0 Å². The van der Waals surface area contributed by atoms with Gasteiger partial charge in [0.2, 0.25) is 0 Å². The summed E-state index contributed by atoms with van der Waals surface area (Å²) in [4.78, 5) is 4.32. The Morgan fingerprint density at radius 2 is 2.05 bits per heavy atom. The molecule has 0 fully saturated rings. The molecule has 6 heteroatoms. The number of methoxy groups -OCH3 is 1. The molecule has 0 saturated heterocycles. The smallest absolute Gasteiger partial charge is 0.258 e. The highest BCUT2D eigenvalue weighted by molar-refractivity contribution is 5.56. The molecule has 0 aliphatic heterocycles. The molecule has 20 heavy (non-hydrogen) atoms. The van der Waals surface area contributed by atoms with Crippen LogP contribution in [0.3, 0.4) is 0 Å². The second-order valence-corrected chi connectivity index (χ2v) is 4.64. The monoisotopic (exact) mass is 279 g/mol. The molecule has 0 radical (unpaired) electrons. The Labute approximate surface area is 116 Å². The van der Waals surface area contributed by atoms with Crippen LogP contribution in [0.1, 0.15) is 32.5 Å². The molecule has 2 rings (SSSR count). The molecule has 0 aliphatic carbocycles. The summed E-state index contributed by atoms with van der Waals surface area (Å²) in [6.07, 6.45) is 1.41. The number of hydrogen-bond donors (Lipinski definition) is 1. The second kappa shape index (κ2) is 5.58. The Balaban J connectivity index is 2.38. The molecule has 0 atom stereocenters. The first-order valence-corrected chi connectivity index (χ1v) is 6.51. The van der Waals surface area contributed by atoms with Crippen LogP contribution in [0.25, 0.3) is 11.5 Å². The fourth-order valence-electron chi connectivity index (χ4n) is 1.90. The summed E-state index contributed by atoms with van der Waals surface area (Å²) >= 11 is 0. The average Bonchev–Trinajstić information content (AvgIpc) is 2.97. The molecule has 1 aromatic heterocycles. The fraction of sp³-hybridized carbons (Fsp3) is 0.429. The second-order valence-electron chi connectivity index (χ2n) is 4.64. The molecule has 2 aromatic rings. The third-order valence-electron chi connectivity index (χ3n) is 3.53. The maximum absolute atomic E-state index is 13.4. The molecule has 0 aliphatic rings. The molecule has 0 spiro atoms. The van der Waals surface area contributed by atoms with E-state index in [9.17, 15) is 4.39 Å². The van der Waals surface area contributed by atoms with E-state index in [0.717, 1.165) is 0 Å². The molecule has 2 N–H and O–H groups in total. The van der Waals surface area contributed by atoms with Crippen LogP contribution in [0.5, 0.6) is 5.75 Å². The Bertz CT molecular complexity index is 594. The third kappa shape index (κ3) is 2.51. The van der Waals surface area contributed by atoms with Crippen LogP contribution in [-0.4, -0.2) is 17.3 Å². The molecule has 1 aromatic carbocycles. The normalized spacial score (nSPS) is 11.7. The Morgan fingerprint density at radius 1 is 1.35 bits per heavy atom. The lowest BCUT2D eigenvalue weighted by molar-refractivity contribution is 0.350. The lowest BCUT2D eigenvalue weighted by Gasteiger charge is -2.21. The number of halogens is 1. The average molecular weight is 279 g/mol. The quantitative estimate of drug-likeness (QED) is 0.911. The van der Waals surface area contributed by atoms with Crippen LogP contribution in [0.15, 0.2) is 22.7 Å². The van der Waals surface area contributed by atoms with Crippen molar-refractivity contribution in [2.45, 2.75) is 32.2 Å². The van der Waals surface area contributed by atoms with E-state index in [4.69, 9.17) is 15.0 Å². The Morgan fingerprint density at radius 3 is 2.65 bits per heavy atom. The molecule has 0 unspecified atom stereocenters. The molecule has 0 saturated carbocycles. The number of hydrogen-bond acceptors (Lipinski definition) is 5. The standard InChI is InChI=1S/C14H18FN3O2/c1-4-14(16,5-2)13-17-12(20-18-13)9-6-7-10(15)11(8-9)19-3/h6-8H,4-5,16H2,1-3H3. The summed E-state index contributed by atoms with van der Waals surface area (Å²) in [6, 6.07) is 4.38. The Hall–Kier alpha value is -1.95. The van der Waals surface area contributed by atoms with Gasteiger partial charge in [0.1, 0.15) is 0 Å². The zero-order valence-corrected chi connectivity index (χ0v) is 11.8. The number of aromatic nitrogens is 2. The van der Waals surface area contributed by atoms with Gasteiger partial charge in [0, 0.05) is 5.56 Å². The molecule has 5 nitrogen and oxygen atoms in total. The van der Waals surface area contributed by atoms with E-state index in [0.29, 0.717) is 30.1 Å². The van der Waals surface area contributed by atoms with E-state index in [-0.39, 0.29) is 5.75 Å². The van der Waals surface area contributed by atoms with E-state index in [1.807, 2.05) is 13.8 Å². The predicted molar refractivity (Wildman–Crippen MR) is 72.7 cm³/mol. The van der Waals surface area contributed by atoms with Crippen molar-refractivity contribution in [3.05, 3.63) is 29.8 Å². The summed E-state index contributed by atoms with van der Waals surface area (Å²) in [5, 5.41) is 3.94. The molecular formula is C14H18FN3O2. The van der Waals surface area contributed by atoms with E-state index in [1.54, 1.807) is 6.07 Å². The SMILES string of the molecule is CCC(N)(CC)c1noc(-c2ccc(F)c(OC)c2)n1. The van der Waals surface area contributed by atoms with Crippen molar-refractivity contribution >= 4 is 0 Å². The molecule has 1 heterocycles. The molecule has 0 bridgehead atoms. The highest BCUT2D eigenvalue weighted by Gasteiger charge is 2.29. The largest absolute Gasteiger partial charge is 0.494 e. The van der Waals surface area contributed by atoms with Crippen LogP contribution in [0.4, 0.5) is 4.39 Å². The van der Waals surface area contributed by atoms with E-state index < -0.39 is 11.4 Å². The van der Waals surface area contributed by atoms with E-state index in [2.05, 4.69) is 10.1 Å². The number of nitrogens with zero attached hydrogens (tertiary/aromatic N) is 2. The van der Waals surface area contributed by atoms with Crippen molar-refractivity contribution in [2.24, 2.45) is 5.73 Å². The fourth-order valence-corrected chi connectivity index (χ4v) is 1.90. The Kier molecular flexibility index (Phi) is 4.04. The van der Waals surface area contributed by atoms with Crippen LogP contribution in [-0.2, 0) is 5.54 Å². The maximum atomic E-state index is 13.4. The van der Waals surface area contributed by atoms with Crippen molar-refractivity contribution < 1.29 is 13.7 Å². The topological polar surface area (TPSA) is 74.2 Å². The minimum Gasteiger partial charge on any atom is -0.494 e. The first-order valence-electron chi connectivity index (χ1n) is 6.51. The minimum absolute atomic E-state index is 0.132. The third-order valence-corrected chi connectivity index (χ3v) is 3.53. The van der Waals surface area contributed by atoms with Gasteiger partial charge in [0.25, 0.3) is 5.89 Å². The molecular weight excluding hydrogens is 261 g/mol. The van der Waals surface area contributed by atoms with Crippen molar-refractivity contribution in [2.75, 3.05) is 7.11 Å². The predicted octanol–water partition coefficient (Wildman–Crippen LogP) is 2.86. The van der Waals surface area contributed by atoms with Gasteiger partial charge in [-0.15, -0.1) is 0 Å². The van der Waals surface area contributed by atoms with E-state index >= 15 is 0 Å². The number of nitrogens with two attached hydrogens (primary N) is 1. The van der Waals surface area contributed by atoms with Gasteiger partial charge in [0.15, 0.2) is 17.4 Å². The van der Waals surface area contributed by atoms with Crippen LogP contribution < -0.4 is 10.5 Å². The maximum Gasteiger partial charge on any atom is 0.258 e. The zero-order valence-electron chi connectivity index (χ0n) is 11.8. The van der Waals surface area contributed by atoms with Gasteiger partial charge >= 0.3 is 0 Å². The van der Waals surface area contributed by atoms with Gasteiger partial charge in [-0.2, -0.15) is 4.98 Å². The highest BCUT2D eigenvalue weighted by Crippen LogP contribution is 2.28. The summed E-state index contributed by atoms with van der Waals surface area (Å²) in [7, 11) is 1.40. The highest BCUT2D eigenvalue weighted by atomic mass is 19.1. The van der Waals surface area contributed by atoms with Crippen LogP contribution >= 0.6 is 0 Å². The van der Waals surface area contributed by atoms with Crippen molar-refractivity contribution in [3.63, 3.8) is 0 Å². The van der Waals surface area contributed by atoms with Gasteiger partial charge in [0.05, 0.1) is 12.6 Å². The van der Waals surface area contributed by atoms with Crippen molar-refractivity contribution in [3.8, 4) is 17.2 Å². The molecule has 0 amide bonds. The lowest BCUT2D eigenvalue weighted by Crippen LogP contribution is -2.36. The van der Waals surface area contributed by atoms with Gasteiger partial charge in [-0.3, -0.25) is 0 Å². The van der Waals surface area contributed by atoms with Gasteiger partial charge in [-0.05, 0) is 31.0 Å². The first kappa shape index (κ1) is 14.5. The summed E-state index contributed by atoms with van der Waals surface area (Å²) in [5.41, 5.74) is 6.21. The summed E-state index contributed by atoms with van der Waals surface area (Å²) in [6.45, 7) is 3.95. The lowest BCUT2D eigenvalue weighted by atomic mass is 9.93. The first-order chi connectivity index (χ1) is 9.54. The summed E-state index contributed by atoms with van der Waals surface area (Å²) < 4.78 is 23.5. The van der Waals surface area contributed by atoms with E-state index in [1.165, 1.54) is 19.2 Å². The zero-order chi connectivity index (χ0) is 14.8. The summed E-state index contributed by atoms with van der Waals surface area (Å²) in [5.74, 6) is 0.453. The van der Waals surface area contributed by atoms with Crippen molar-refractivity contribution in [1.82, 2.24) is 10.1 Å². The van der Waals surface area contributed by atoms with Gasteiger partial charge in [-0.25, -0.2) is 4.39 Å². The van der Waals surface area contributed by atoms with Gasteiger partial charge in [-0.1, -0.05) is 19.0 Å². The van der Waals surface area contributed by atoms with Crippen LogP contribution in [0, 0.1) is 5.82 Å². The minimum atomic E-state index is -0.605. The number of ether oxygens (including phenoxy) is 1. The number of rotatable bonds is 5. The number of benzene rings is 1. The van der Waals surface area contributed by atoms with Crippen LogP contribution in [0.2, 0.25) is 0 Å².